The van der Waals surface area contributed by atoms with Crippen LogP contribution in [0.1, 0.15) is 5.76 Å². The number of nitrogens with zero attached hydrogens (tertiary/aromatic N) is 2. The monoisotopic (exact) mass is 422 g/mol. The minimum Gasteiger partial charge on any atom is -0.468 e. The van der Waals surface area contributed by atoms with Crippen molar-refractivity contribution < 1.29 is 28.5 Å². The lowest BCUT2D eigenvalue weighted by atomic mass is 10.1. The van der Waals surface area contributed by atoms with Crippen molar-refractivity contribution in [1.82, 2.24) is 4.90 Å². The number of carbonyl (C=O) groups excluding carboxylic acids is 3. The number of ether oxygens (including phenoxy) is 1. The minimum absolute atomic E-state index is 0.0876. The maximum atomic E-state index is 12.3. The Morgan fingerprint density at radius 1 is 1.36 bits per heavy atom. The van der Waals surface area contributed by atoms with E-state index in [9.17, 15) is 24.5 Å². The molecule has 0 atom stereocenters. The van der Waals surface area contributed by atoms with E-state index in [-0.39, 0.29) is 21.4 Å². The summed E-state index contributed by atoms with van der Waals surface area (Å²) in [6, 6.07) is 7.09. The number of carbonyl (C=O) groups is 3. The molecule has 0 N–H and O–H groups in total. The zero-order chi connectivity index (χ0) is 20.4. The molecule has 0 spiro atoms. The first kappa shape index (κ1) is 19.6. The van der Waals surface area contributed by atoms with Crippen molar-refractivity contribution in [2.45, 2.75) is 0 Å². The van der Waals surface area contributed by atoms with E-state index in [1.54, 1.807) is 12.1 Å². The first-order chi connectivity index (χ1) is 13.3. The van der Waals surface area contributed by atoms with E-state index >= 15 is 0 Å². The number of non-ortho nitro benzene ring substituents is 1. The molecule has 1 aromatic carbocycles. The number of furan rings is 1. The number of nitro benzene ring substituents is 1. The van der Waals surface area contributed by atoms with Gasteiger partial charge in [-0.15, -0.1) is 0 Å². The molecule has 9 nitrogen and oxygen atoms in total. The molecule has 0 unspecified atom stereocenters. The van der Waals surface area contributed by atoms with Crippen molar-refractivity contribution in [1.29, 1.82) is 0 Å². The molecule has 28 heavy (non-hydrogen) atoms. The van der Waals surface area contributed by atoms with Gasteiger partial charge in [0.1, 0.15) is 18.1 Å². The summed E-state index contributed by atoms with van der Waals surface area (Å²) < 4.78 is 10.1. The van der Waals surface area contributed by atoms with E-state index in [1.165, 1.54) is 24.3 Å². The molecule has 0 aliphatic carbocycles. The molecule has 1 aliphatic heterocycles. The van der Waals surface area contributed by atoms with Crippen molar-refractivity contribution in [3.05, 3.63) is 56.1 Å². The van der Waals surface area contributed by atoms with Crippen LogP contribution in [0.15, 0.2) is 39.7 Å². The van der Waals surface area contributed by atoms with Crippen LogP contribution in [0.3, 0.4) is 0 Å². The topological polar surface area (TPSA) is 120 Å². The average molecular weight is 423 g/mol. The molecule has 2 amide bonds. The second kappa shape index (κ2) is 7.87. The van der Waals surface area contributed by atoms with E-state index in [4.69, 9.17) is 16.0 Å². The number of hydrogen-bond acceptors (Lipinski definition) is 8. The average Bonchev–Trinajstić information content (AvgIpc) is 3.21. The van der Waals surface area contributed by atoms with Gasteiger partial charge in [0, 0.05) is 23.8 Å². The molecule has 0 bridgehead atoms. The van der Waals surface area contributed by atoms with Crippen molar-refractivity contribution >= 4 is 52.2 Å². The van der Waals surface area contributed by atoms with Crippen molar-refractivity contribution in [3.63, 3.8) is 0 Å². The third-order valence-corrected chi connectivity index (χ3v) is 4.94. The zero-order valence-electron chi connectivity index (χ0n) is 14.2. The number of esters is 1. The van der Waals surface area contributed by atoms with E-state index < -0.39 is 28.6 Å². The van der Waals surface area contributed by atoms with Gasteiger partial charge in [0.25, 0.3) is 16.8 Å². The zero-order valence-corrected chi connectivity index (χ0v) is 15.8. The quantitative estimate of drug-likeness (QED) is 0.309. The summed E-state index contributed by atoms with van der Waals surface area (Å²) in [6.45, 7) is -0.472. The molecular formula is C17H11ClN2O7S. The number of amides is 2. The number of thioether (sulfide) groups is 1. The van der Waals surface area contributed by atoms with Gasteiger partial charge >= 0.3 is 5.97 Å². The van der Waals surface area contributed by atoms with Crippen molar-refractivity contribution in [3.8, 4) is 11.3 Å². The fourth-order valence-corrected chi connectivity index (χ4v) is 3.44. The number of hydrogen-bond donors (Lipinski definition) is 0. The van der Waals surface area contributed by atoms with Gasteiger partial charge in [0.05, 0.1) is 22.0 Å². The summed E-state index contributed by atoms with van der Waals surface area (Å²) in [5.74, 6) is -0.740. The third-order valence-electron chi connectivity index (χ3n) is 3.72. The summed E-state index contributed by atoms with van der Waals surface area (Å²) in [4.78, 5) is 46.6. The highest BCUT2D eigenvalue weighted by molar-refractivity contribution is 8.18. The van der Waals surface area contributed by atoms with Crippen molar-refractivity contribution in [2.24, 2.45) is 0 Å². The molecule has 1 aromatic heterocycles. The Morgan fingerprint density at radius 2 is 2.11 bits per heavy atom. The lowest BCUT2D eigenvalue weighted by molar-refractivity contribution is -0.384. The van der Waals surface area contributed by atoms with E-state index in [0.717, 1.165) is 12.0 Å². The van der Waals surface area contributed by atoms with Crippen LogP contribution in [-0.4, -0.2) is 40.6 Å². The summed E-state index contributed by atoms with van der Waals surface area (Å²) in [5, 5.41) is 10.3. The maximum Gasteiger partial charge on any atom is 0.325 e. The largest absolute Gasteiger partial charge is 0.468 e. The first-order valence-electron chi connectivity index (χ1n) is 7.66. The first-order valence-corrected chi connectivity index (χ1v) is 8.86. The minimum atomic E-state index is -0.711. The van der Waals surface area contributed by atoms with Crippen LogP contribution in [0.4, 0.5) is 10.5 Å². The number of imide groups is 1. The predicted octanol–water partition coefficient (Wildman–Crippen LogP) is 3.72. The van der Waals surface area contributed by atoms with E-state index in [0.29, 0.717) is 23.1 Å². The number of benzene rings is 1. The number of nitro groups is 1. The molecule has 144 valence electrons. The predicted molar refractivity (Wildman–Crippen MR) is 101 cm³/mol. The van der Waals surface area contributed by atoms with Gasteiger partial charge in [-0.3, -0.25) is 29.4 Å². The third kappa shape index (κ3) is 3.92. The highest BCUT2D eigenvalue weighted by Crippen LogP contribution is 2.35. The Morgan fingerprint density at radius 3 is 2.75 bits per heavy atom. The van der Waals surface area contributed by atoms with Gasteiger partial charge in [0.15, 0.2) is 0 Å². The normalized spacial score (nSPS) is 15.4. The van der Waals surface area contributed by atoms with Gasteiger partial charge < -0.3 is 9.15 Å². The van der Waals surface area contributed by atoms with Crippen LogP contribution in [0.25, 0.3) is 17.4 Å². The van der Waals surface area contributed by atoms with Gasteiger partial charge in [-0.1, -0.05) is 11.6 Å². The Bertz CT molecular complexity index is 1030. The summed E-state index contributed by atoms with van der Waals surface area (Å²) in [6.07, 6.45) is 1.37. The standard InChI is InChI=1S/C17H11ClN2O7S/c1-26-15(21)8-19-16(22)14(28-17(19)23)7-10-3-5-13(27-10)11-4-2-9(20(24)25)6-12(11)18/h2-7H,8H2,1H3/b14-7-. The molecule has 1 saturated heterocycles. The second-order valence-corrected chi connectivity index (χ2v) is 6.87. The number of halogens is 1. The van der Waals surface area contributed by atoms with Crippen LogP contribution in [0.5, 0.6) is 0 Å². The Hall–Kier alpha value is -3.11. The fourth-order valence-electron chi connectivity index (χ4n) is 2.35. The summed E-state index contributed by atoms with van der Waals surface area (Å²) >= 11 is 6.75. The van der Waals surface area contributed by atoms with Crippen LogP contribution in [0, 0.1) is 10.1 Å². The molecular weight excluding hydrogens is 412 g/mol. The Balaban J connectivity index is 1.83. The molecule has 1 fully saturated rings. The highest BCUT2D eigenvalue weighted by atomic mass is 35.5. The van der Waals surface area contributed by atoms with Crippen LogP contribution in [-0.2, 0) is 14.3 Å². The van der Waals surface area contributed by atoms with Gasteiger partial charge in [-0.2, -0.15) is 0 Å². The van der Waals surface area contributed by atoms with Crippen LogP contribution < -0.4 is 0 Å². The molecule has 0 saturated carbocycles. The Kier molecular flexibility index (Phi) is 5.52. The van der Waals surface area contributed by atoms with Gasteiger partial charge in [-0.25, -0.2) is 0 Å². The lowest BCUT2D eigenvalue weighted by Crippen LogP contribution is -2.34. The highest BCUT2D eigenvalue weighted by Gasteiger charge is 2.36. The fraction of sp³-hybridized carbons (Fsp3) is 0.118. The van der Waals surface area contributed by atoms with Crippen molar-refractivity contribution in [2.75, 3.05) is 13.7 Å². The second-order valence-electron chi connectivity index (χ2n) is 5.47. The number of methoxy groups -OCH3 is 1. The smallest absolute Gasteiger partial charge is 0.325 e. The van der Waals surface area contributed by atoms with Crippen LogP contribution in [0.2, 0.25) is 5.02 Å². The molecule has 2 aromatic rings. The molecule has 0 radical (unpaired) electrons. The lowest BCUT2D eigenvalue weighted by Gasteiger charge is -2.09. The summed E-state index contributed by atoms with van der Waals surface area (Å²) in [5.41, 5.74) is 0.283. The molecule has 2 heterocycles. The molecule has 11 heteroatoms. The Labute approximate surface area is 167 Å². The molecule has 1 aliphatic rings. The van der Waals surface area contributed by atoms with Gasteiger partial charge in [0.2, 0.25) is 0 Å². The molecule has 3 rings (SSSR count). The summed E-state index contributed by atoms with van der Waals surface area (Å²) in [7, 11) is 1.16. The SMILES string of the molecule is COC(=O)CN1C(=O)S/C(=C\c2ccc(-c3ccc([N+](=O)[O-])cc3Cl)o2)C1=O. The van der Waals surface area contributed by atoms with E-state index in [1.807, 2.05) is 0 Å². The van der Waals surface area contributed by atoms with Gasteiger partial charge in [-0.05, 0) is 30.0 Å². The number of rotatable bonds is 5. The van der Waals surface area contributed by atoms with Crippen LogP contribution >= 0.6 is 23.4 Å². The maximum absolute atomic E-state index is 12.3. The van der Waals surface area contributed by atoms with E-state index in [2.05, 4.69) is 4.74 Å².